The zero-order valence-corrected chi connectivity index (χ0v) is 21.0. The quantitative estimate of drug-likeness (QED) is 0.319. The van der Waals surface area contributed by atoms with Crippen molar-refractivity contribution in [2.75, 3.05) is 18.4 Å². The van der Waals surface area contributed by atoms with Crippen LogP contribution in [0.15, 0.2) is 88.7 Å². The molecule has 0 unspecified atom stereocenters. The Labute approximate surface area is 206 Å². The van der Waals surface area contributed by atoms with Crippen molar-refractivity contribution in [1.82, 2.24) is 9.44 Å². The van der Waals surface area contributed by atoms with Crippen LogP contribution in [-0.4, -0.2) is 35.8 Å². The van der Waals surface area contributed by atoms with Crippen molar-refractivity contribution >= 4 is 31.6 Å². The summed E-state index contributed by atoms with van der Waals surface area (Å²) in [4.78, 5) is 12.7. The molecule has 3 N–H and O–H groups in total. The summed E-state index contributed by atoms with van der Waals surface area (Å²) in [6.45, 7) is 2.55. The second-order valence-electron chi connectivity index (χ2n) is 7.89. The molecule has 3 aromatic carbocycles. The van der Waals surface area contributed by atoms with Gasteiger partial charge in [-0.15, -0.1) is 0 Å². The van der Waals surface area contributed by atoms with E-state index in [1.165, 1.54) is 48.5 Å². The highest BCUT2D eigenvalue weighted by molar-refractivity contribution is 7.89. The van der Waals surface area contributed by atoms with Crippen LogP contribution in [0.4, 0.5) is 5.69 Å². The molecule has 0 spiro atoms. The molecule has 0 aliphatic carbocycles. The van der Waals surface area contributed by atoms with Gasteiger partial charge >= 0.3 is 0 Å². The fourth-order valence-corrected chi connectivity index (χ4v) is 5.40. The lowest BCUT2D eigenvalue weighted by molar-refractivity contribution is 0.102. The van der Waals surface area contributed by atoms with Crippen molar-refractivity contribution in [3.05, 3.63) is 90.0 Å². The van der Waals surface area contributed by atoms with Gasteiger partial charge in [-0.05, 0) is 60.9 Å². The lowest BCUT2D eigenvalue weighted by Gasteiger charge is -2.10. The Morgan fingerprint density at radius 2 is 1.40 bits per heavy atom. The fraction of sp³-hybridized carbons (Fsp3) is 0.240. The topological polar surface area (TPSA) is 121 Å². The number of carbonyl (C=O) groups excluding carboxylic acids is 1. The monoisotopic (exact) mass is 515 g/mol. The highest BCUT2D eigenvalue weighted by Crippen LogP contribution is 2.17. The van der Waals surface area contributed by atoms with E-state index < -0.39 is 26.0 Å². The second-order valence-corrected chi connectivity index (χ2v) is 11.4. The first-order valence-corrected chi connectivity index (χ1v) is 14.2. The Hall–Kier alpha value is -3.05. The third-order valence-corrected chi connectivity index (χ3v) is 8.14. The Bertz CT molecular complexity index is 1340. The summed E-state index contributed by atoms with van der Waals surface area (Å²) in [5, 5.41) is 2.66. The van der Waals surface area contributed by atoms with Gasteiger partial charge in [0.25, 0.3) is 5.91 Å². The second kappa shape index (κ2) is 12.1. The van der Waals surface area contributed by atoms with Crippen LogP contribution < -0.4 is 14.8 Å². The Morgan fingerprint density at radius 3 is 2.09 bits per heavy atom. The van der Waals surface area contributed by atoms with E-state index in [1.807, 2.05) is 37.3 Å². The van der Waals surface area contributed by atoms with Crippen molar-refractivity contribution in [2.45, 2.75) is 36.0 Å². The number of rotatable bonds is 12. The van der Waals surface area contributed by atoms with Crippen molar-refractivity contribution in [3.8, 4) is 0 Å². The molecule has 3 rings (SSSR count). The minimum Gasteiger partial charge on any atom is -0.322 e. The summed E-state index contributed by atoms with van der Waals surface area (Å²) in [6, 6.07) is 21.1. The van der Waals surface area contributed by atoms with E-state index in [4.69, 9.17) is 0 Å². The molecule has 0 aromatic heterocycles. The van der Waals surface area contributed by atoms with E-state index in [-0.39, 0.29) is 21.9 Å². The zero-order valence-electron chi connectivity index (χ0n) is 19.4. The lowest BCUT2D eigenvalue weighted by atomic mass is 10.2. The Morgan fingerprint density at radius 1 is 0.743 bits per heavy atom. The number of amides is 1. The summed E-state index contributed by atoms with van der Waals surface area (Å²) in [5.74, 6) is -0.507. The van der Waals surface area contributed by atoms with Crippen molar-refractivity contribution in [1.29, 1.82) is 0 Å². The summed E-state index contributed by atoms with van der Waals surface area (Å²) in [7, 11) is -7.41. The van der Waals surface area contributed by atoms with Crippen molar-refractivity contribution in [2.24, 2.45) is 0 Å². The van der Waals surface area contributed by atoms with E-state index in [2.05, 4.69) is 14.8 Å². The van der Waals surface area contributed by atoms with Crippen molar-refractivity contribution < 1.29 is 21.6 Å². The highest BCUT2D eigenvalue weighted by Gasteiger charge is 2.17. The van der Waals surface area contributed by atoms with Gasteiger partial charge in [0, 0.05) is 24.3 Å². The van der Waals surface area contributed by atoms with E-state index >= 15 is 0 Å². The number of hydrogen-bond donors (Lipinski definition) is 3. The van der Waals surface area contributed by atoms with E-state index in [9.17, 15) is 21.6 Å². The third-order valence-electron chi connectivity index (χ3n) is 5.20. The average Bonchev–Trinajstić information content (AvgIpc) is 2.85. The average molecular weight is 516 g/mol. The van der Waals surface area contributed by atoms with Crippen LogP contribution in [0.1, 0.15) is 35.7 Å². The number of hydrogen-bond acceptors (Lipinski definition) is 5. The first-order valence-electron chi connectivity index (χ1n) is 11.3. The molecule has 3 aromatic rings. The normalized spacial score (nSPS) is 11.8. The molecular weight excluding hydrogens is 486 g/mol. The standard InChI is InChI=1S/C25H29N3O5S2/c1-2-3-17-26-35(32,33)24-11-7-10-21(19-24)25(29)28-22-12-14-23(15-13-22)34(30,31)27-18-16-20-8-5-4-6-9-20/h4-15,19,26-27H,2-3,16-18H2,1H3,(H,28,29). The van der Waals surface area contributed by atoms with Gasteiger partial charge in [0.05, 0.1) is 9.79 Å². The maximum atomic E-state index is 12.7. The minimum atomic E-state index is -3.71. The molecule has 186 valence electrons. The van der Waals surface area contributed by atoms with Gasteiger partial charge in [-0.2, -0.15) is 0 Å². The molecule has 1 amide bonds. The first kappa shape index (κ1) is 26.6. The van der Waals surface area contributed by atoms with Crippen LogP contribution >= 0.6 is 0 Å². The molecule has 0 fully saturated rings. The largest absolute Gasteiger partial charge is 0.322 e. The van der Waals surface area contributed by atoms with Gasteiger partial charge in [0.1, 0.15) is 0 Å². The fourth-order valence-electron chi connectivity index (χ4n) is 3.25. The highest BCUT2D eigenvalue weighted by atomic mass is 32.2. The van der Waals surface area contributed by atoms with Crippen LogP contribution in [0.2, 0.25) is 0 Å². The van der Waals surface area contributed by atoms with E-state index in [1.54, 1.807) is 0 Å². The molecule has 8 nitrogen and oxygen atoms in total. The summed E-state index contributed by atoms with van der Waals surface area (Å²) in [5.41, 5.74) is 1.58. The molecule has 0 radical (unpaired) electrons. The van der Waals surface area contributed by atoms with Gasteiger partial charge in [0.15, 0.2) is 0 Å². The molecule has 0 bridgehead atoms. The summed E-state index contributed by atoms with van der Waals surface area (Å²) >= 11 is 0. The smallest absolute Gasteiger partial charge is 0.255 e. The Kier molecular flexibility index (Phi) is 9.16. The predicted octanol–water partition coefficient (Wildman–Crippen LogP) is 3.54. The number of carbonyl (C=O) groups is 1. The number of sulfonamides is 2. The van der Waals surface area contributed by atoms with Crippen LogP contribution in [0.3, 0.4) is 0 Å². The predicted molar refractivity (Wildman–Crippen MR) is 136 cm³/mol. The SMILES string of the molecule is CCCCNS(=O)(=O)c1cccc(C(=O)Nc2ccc(S(=O)(=O)NCCc3ccccc3)cc2)c1. The number of anilines is 1. The van der Waals surface area contributed by atoms with Crippen LogP contribution in [0.5, 0.6) is 0 Å². The first-order chi connectivity index (χ1) is 16.7. The zero-order chi connectivity index (χ0) is 25.3. The maximum absolute atomic E-state index is 12.7. The molecule has 0 atom stereocenters. The maximum Gasteiger partial charge on any atom is 0.255 e. The number of nitrogens with one attached hydrogen (secondary N) is 3. The van der Waals surface area contributed by atoms with E-state index in [0.717, 1.165) is 12.0 Å². The molecule has 0 aliphatic heterocycles. The van der Waals surface area contributed by atoms with Gasteiger partial charge in [-0.3, -0.25) is 4.79 Å². The molecule has 0 heterocycles. The third kappa shape index (κ3) is 7.72. The molecule has 10 heteroatoms. The molecule has 0 aliphatic rings. The van der Waals surface area contributed by atoms with E-state index in [0.29, 0.717) is 25.1 Å². The lowest BCUT2D eigenvalue weighted by Crippen LogP contribution is -2.26. The molecular formula is C25H29N3O5S2. The molecule has 35 heavy (non-hydrogen) atoms. The minimum absolute atomic E-state index is 0.00396. The number of benzene rings is 3. The van der Waals surface area contributed by atoms with Gasteiger partial charge in [-0.25, -0.2) is 26.3 Å². The Balaban J connectivity index is 1.61. The molecule has 0 saturated carbocycles. The van der Waals surface area contributed by atoms with Crippen LogP contribution in [0.25, 0.3) is 0 Å². The van der Waals surface area contributed by atoms with Gasteiger partial charge < -0.3 is 5.32 Å². The van der Waals surface area contributed by atoms with Gasteiger partial charge in [0.2, 0.25) is 20.0 Å². The van der Waals surface area contributed by atoms with Crippen LogP contribution in [0, 0.1) is 0 Å². The number of unbranched alkanes of at least 4 members (excludes halogenated alkanes) is 1. The van der Waals surface area contributed by atoms with Gasteiger partial charge in [-0.1, -0.05) is 49.7 Å². The van der Waals surface area contributed by atoms with Crippen molar-refractivity contribution in [3.63, 3.8) is 0 Å². The van der Waals surface area contributed by atoms with Crippen LogP contribution in [-0.2, 0) is 26.5 Å². The molecule has 0 saturated heterocycles. The summed E-state index contributed by atoms with van der Waals surface area (Å²) < 4.78 is 55.0. The summed E-state index contributed by atoms with van der Waals surface area (Å²) in [6.07, 6.45) is 2.14.